The van der Waals surface area contributed by atoms with Crippen molar-refractivity contribution in [3.8, 4) is 0 Å². The van der Waals surface area contributed by atoms with Gasteiger partial charge >= 0.3 is 0 Å². The van der Waals surface area contributed by atoms with Crippen LogP contribution in [0.15, 0.2) is 30.5 Å². The van der Waals surface area contributed by atoms with Crippen molar-refractivity contribution in [1.29, 1.82) is 0 Å². The van der Waals surface area contributed by atoms with E-state index in [1.54, 1.807) is 10.9 Å². The molecule has 0 bridgehead atoms. The molecule has 2 aromatic rings. The van der Waals surface area contributed by atoms with Crippen LogP contribution in [-0.4, -0.2) is 14.9 Å². The molecule has 0 aliphatic carbocycles. The zero-order valence-electron chi connectivity index (χ0n) is 10.2. The fourth-order valence-electron chi connectivity index (χ4n) is 1.92. The summed E-state index contributed by atoms with van der Waals surface area (Å²) < 4.78 is 14.9. The molecular formula is C13H16FN3O. The first-order valence-electron chi connectivity index (χ1n) is 5.78. The second-order valence-corrected chi connectivity index (χ2v) is 4.27. The molecule has 96 valence electrons. The monoisotopic (exact) mass is 249 g/mol. The second kappa shape index (κ2) is 5.18. The molecule has 1 unspecified atom stereocenters. The highest BCUT2D eigenvalue weighted by Crippen LogP contribution is 2.25. The Morgan fingerprint density at radius 1 is 1.44 bits per heavy atom. The number of rotatable bonds is 4. The highest BCUT2D eigenvalue weighted by molar-refractivity contribution is 5.47. The minimum Gasteiger partial charge on any atom is -0.398 e. The molecule has 0 aliphatic rings. The van der Waals surface area contributed by atoms with E-state index in [4.69, 9.17) is 5.73 Å². The molecule has 0 spiro atoms. The second-order valence-electron chi connectivity index (χ2n) is 4.27. The molecular weight excluding hydrogens is 233 g/mol. The number of hydrogen-bond acceptors (Lipinski definition) is 3. The summed E-state index contributed by atoms with van der Waals surface area (Å²) in [5, 5.41) is 14.1. The first-order valence-corrected chi connectivity index (χ1v) is 5.78. The summed E-state index contributed by atoms with van der Waals surface area (Å²) in [5.41, 5.74) is 7.60. The lowest BCUT2D eigenvalue weighted by atomic mass is 10.0. The molecule has 0 radical (unpaired) electrons. The van der Waals surface area contributed by atoms with Gasteiger partial charge in [-0.15, -0.1) is 0 Å². The number of anilines is 1. The predicted octanol–water partition coefficient (Wildman–Crippen LogP) is 1.81. The Morgan fingerprint density at radius 2 is 2.22 bits per heavy atom. The number of halogens is 1. The van der Waals surface area contributed by atoms with Crippen molar-refractivity contribution in [2.24, 2.45) is 7.05 Å². The quantitative estimate of drug-likeness (QED) is 0.812. The van der Waals surface area contributed by atoms with Crippen LogP contribution in [0, 0.1) is 5.82 Å². The van der Waals surface area contributed by atoms with Gasteiger partial charge in [0.1, 0.15) is 5.82 Å². The van der Waals surface area contributed by atoms with E-state index < -0.39 is 11.9 Å². The SMILES string of the molecule is Cn1nccc1CCC(O)c1cc(F)ccc1N. The van der Waals surface area contributed by atoms with Crippen LogP contribution in [-0.2, 0) is 13.5 Å². The number of nitrogens with zero attached hydrogens (tertiary/aromatic N) is 2. The molecule has 4 nitrogen and oxygen atoms in total. The molecule has 1 aromatic heterocycles. The first-order chi connectivity index (χ1) is 8.58. The third kappa shape index (κ3) is 2.68. The topological polar surface area (TPSA) is 64.1 Å². The molecule has 0 aliphatic heterocycles. The van der Waals surface area contributed by atoms with Gasteiger partial charge in [-0.3, -0.25) is 4.68 Å². The summed E-state index contributed by atoms with van der Waals surface area (Å²) in [7, 11) is 1.85. The van der Waals surface area contributed by atoms with E-state index in [-0.39, 0.29) is 0 Å². The standard InChI is InChI=1S/C13H16FN3O/c1-17-10(6-7-16-17)3-5-13(18)11-8-9(14)2-4-12(11)15/h2,4,6-8,13,18H,3,5,15H2,1H3. The summed E-state index contributed by atoms with van der Waals surface area (Å²) in [6.07, 6.45) is 2.08. The van der Waals surface area contributed by atoms with Gasteiger partial charge in [0.25, 0.3) is 0 Å². The van der Waals surface area contributed by atoms with Gasteiger partial charge in [0, 0.05) is 30.2 Å². The van der Waals surface area contributed by atoms with Crippen molar-refractivity contribution in [3.05, 3.63) is 47.5 Å². The lowest BCUT2D eigenvalue weighted by molar-refractivity contribution is 0.167. The summed E-state index contributed by atoms with van der Waals surface area (Å²) in [5.74, 6) is -0.390. The minimum absolute atomic E-state index is 0.390. The smallest absolute Gasteiger partial charge is 0.123 e. The van der Waals surface area contributed by atoms with Crippen LogP contribution in [0.4, 0.5) is 10.1 Å². The number of benzene rings is 1. The summed E-state index contributed by atoms with van der Waals surface area (Å²) in [6, 6.07) is 5.93. The number of nitrogens with two attached hydrogens (primary N) is 1. The number of nitrogen functional groups attached to an aromatic ring is 1. The average Bonchev–Trinajstić information content (AvgIpc) is 2.75. The molecule has 0 fully saturated rings. The largest absolute Gasteiger partial charge is 0.398 e. The Hall–Kier alpha value is -1.88. The van der Waals surface area contributed by atoms with E-state index in [1.807, 2.05) is 13.1 Å². The Bertz CT molecular complexity index is 539. The lowest BCUT2D eigenvalue weighted by Gasteiger charge is -2.13. The zero-order valence-corrected chi connectivity index (χ0v) is 10.2. The van der Waals surface area contributed by atoms with Gasteiger partial charge in [-0.05, 0) is 37.1 Å². The maximum atomic E-state index is 13.1. The lowest BCUT2D eigenvalue weighted by Crippen LogP contribution is -2.06. The van der Waals surface area contributed by atoms with Crippen molar-refractivity contribution in [3.63, 3.8) is 0 Å². The number of aryl methyl sites for hydroxylation is 2. The third-order valence-corrected chi connectivity index (χ3v) is 3.00. The minimum atomic E-state index is -0.768. The molecule has 0 amide bonds. The Morgan fingerprint density at radius 3 is 2.89 bits per heavy atom. The molecule has 18 heavy (non-hydrogen) atoms. The molecule has 0 saturated heterocycles. The first kappa shape index (κ1) is 12.6. The van der Waals surface area contributed by atoms with E-state index in [0.717, 1.165) is 5.69 Å². The molecule has 2 rings (SSSR count). The molecule has 1 heterocycles. The van der Waals surface area contributed by atoms with Crippen molar-refractivity contribution in [2.75, 3.05) is 5.73 Å². The van der Waals surface area contributed by atoms with Gasteiger partial charge in [0.2, 0.25) is 0 Å². The van der Waals surface area contributed by atoms with E-state index >= 15 is 0 Å². The van der Waals surface area contributed by atoms with Crippen LogP contribution in [0.25, 0.3) is 0 Å². The van der Waals surface area contributed by atoms with Gasteiger partial charge in [0.15, 0.2) is 0 Å². The normalized spacial score (nSPS) is 12.6. The van der Waals surface area contributed by atoms with Gasteiger partial charge in [-0.25, -0.2) is 4.39 Å². The van der Waals surface area contributed by atoms with Crippen LogP contribution < -0.4 is 5.73 Å². The number of aliphatic hydroxyl groups excluding tert-OH is 1. The third-order valence-electron chi connectivity index (χ3n) is 3.00. The fourth-order valence-corrected chi connectivity index (χ4v) is 1.92. The Balaban J connectivity index is 2.06. The molecule has 5 heteroatoms. The highest BCUT2D eigenvalue weighted by Gasteiger charge is 2.13. The fraction of sp³-hybridized carbons (Fsp3) is 0.308. The van der Waals surface area contributed by atoms with Gasteiger partial charge < -0.3 is 10.8 Å². The van der Waals surface area contributed by atoms with E-state index in [9.17, 15) is 9.50 Å². The molecule has 1 aromatic carbocycles. The zero-order chi connectivity index (χ0) is 13.1. The Labute approximate surface area is 105 Å². The molecule has 3 N–H and O–H groups in total. The molecule has 0 saturated carbocycles. The predicted molar refractivity (Wildman–Crippen MR) is 67.3 cm³/mol. The van der Waals surface area contributed by atoms with Gasteiger partial charge in [0.05, 0.1) is 6.10 Å². The van der Waals surface area contributed by atoms with Gasteiger partial charge in [-0.1, -0.05) is 0 Å². The maximum Gasteiger partial charge on any atom is 0.123 e. The average molecular weight is 249 g/mol. The van der Waals surface area contributed by atoms with Crippen molar-refractivity contribution in [1.82, 2.24) is 9.78 Å². The maximum absolute atomic E-state index is 13.1. The number of aliphatic hydroxyl groups is 1. The van der Waals surface area contributed by atoms with Crippen LogP contribution in [0.5, 0.6) is 0 Å². The van der Waals surface area contributed by atoms with Crippen molar-refractivity contribution < 1.29 is 9.50 Å². The summed E-state index contributed by atoms with van der Waals surface area (Å²) in [6.45, 7) is 0. The van der Waals surface area contributed by atoms with Crippen LogP contribution in [0.3, 0.4) is 0 Å². The summed E-state index contributed by atoms with van der Waals surface area (Å²) in [4.78, 5) is 0. The van der Waals surface area contributed by atoms with Crippen LogP contribution >= 0.6 is 0 Å². The van der Waals surface area contributed by atoms with Crippen molar-refractivity contribution in [2.45, 2.75) is 18.9 Å². The Kier molecular flexibility index (Phi) is 3.62. The van der Waals surface area contributed by atoms with E-state index in [2.05, 4.69) is 5.10 Å². The van der Waals surface area contributed by atoms with Gasteiger partial charge in [-0.2, -0.15) is 5.10 Å². The highest BCUT2D eigenvalue weighted by atomic mass is 19.1. The molecule has 1 atom stereocenters. The summed E-state index contributed by atoms with van der Waals surface area (Å²) >= 11 is 0. The van der Waals surface area contributed by atoms with Crippen LogP contribution in [0.2, 0.25) is 0 Å². The van der Waals surface area contributed by atoms with E-state index in [1.165, 1.54) is 18.2 Å². The number of hydrogen-bond donors (Lipinski definition) is 2. The van der Waals surface area contributed by atoms with Crippen molar-refractivity contribution >= 4 is 5.69 Å². The number of aromatic nitrogens is 2. The van der Waals surface area contributed by atoms with E-state index in [0.29, 0.717) is 24.1 Å². The van der Waals surface area contributed by atoms with Crippen LogP contribution in [0.1, 0.15) is 23.8 Å².